The molecule has 1 aromatic carbocycles. The third-order valence-electron chi connectivity index (χ3n) is 6.11. The lowest BCUT2D eigenvalue weighted by molar-refractivity contribution is -0.148. The van der Waals surface area contributed by atoms with E-state index in [-0.39, 0.29) is 24.3 Å². The van der Waals surface area contributed by atoms with E-state index in [9.17, 15) is 4.79 Å². The molecular formula is C27H34N2O3. The zero-order valence-corrected chi connectivity index (χ0v) is 19.8. The lowest BCUT2D eigenvalue weighted by Gasteiger charge is -2.25. The van der Waals surface area contributed by atoms with Crippen LogP contribution in [0.4, 0.5) is 0 Å². The Morgan fingerprint density at radius 2 is 2.00 bits per heavy atom. The number of rotatable bonds is 6. The average Bonchev–Trinajstić information content (AvgIpc) is 3.26. The van der Waals surface area contributed by atoms with Gasteiger partial charge in [-0.25, -0.2) is 4.79 Å². The fourth-order valence-corrected chi connectivity index (χ4v) is 4.69. The molecular weight excluding hydrogens is 400 g/mol. The largest absolute Gasteiger partial charge is 0.457 e. The smallest absolute Gasteiger partial charge is 0.331 e. The monoisotopic (exact) mass is 434 g/mol. The van der Waals surface area contributed by atoms with Crippen LogP contribution in [-0.4, -0.2) is 34.6 Å². The highest BCUT2D eigenvalue weighted by Crippen LogP contribution is 2.48. The predicted molar refractivity (Wildman–Crippen MR) is 126 cm³/mol. The van der Waals surface area contributed by atoms with Crippen molar-refractivity contribution in [2.24, 2.45) is 0 Å². The Bertz CT molecular complexity index is 1010. The van der Waals surface area contributed by atoms with Crippen LogP contribution in [0.2, 0.25) is 0 Å². The van der Waals surface area contributed by atoms with Crippen LogP contribution in [0.15, 0.2) is 42.5 Å². The summed E-state index contributed by atoms with van der Waals surface area (Å²) in [5, 5.41) is 0. The molecule has 1 unspecified atom stereocenters. The summed E-state index contributed by atoms with van der Waals surface area (Å²) in [5.74, 6) is -0.365. The van der Waals surface area contributed by atoms with Crippen molar-refractivity contribution in [3.05, 3.63) is 70.6 Å². The number of aromatic nitrogens is 1. The lowest BCUT2D eigenvalue weighted by atomic mass is 10.0. The summed E-state index contributed by atoms with van der Waals surface area (Å²) in [6, 6.07) is 13.0. The molecule has 0 spiro atoms. The van der Waals surface area contributed by atoms with E-state index in [0.29, 0.717) is 0 Å². The normalized spacial score (nSPS) is 22.8. The third kappa shape index (κ3) is 4.79. The number of carbonyl (C=O) groups excluding carboxylic acids is 1. The Morgan fingerprint density at radius 3 is 2.75 bits per heavy atom. The highest BCUT2D eigenvalue weighted by molar-refractivity contribution is 5.87. The zero-order chi connectivity index (χ0) is 22.9. The summed E-state index contributed by atoms with van der Waals surface area (Å²) >= 11 is 0. The number of nitrogens with zero attached hydrogens (tertiary/aromatic N) is 2. The van der Waals surface area contributed by atoms with Gasteiger partial charge in [0.2, 0.25) is 0 Å². The van der Waals surface area contributed by atoms with E-state index in [1.165, 1.54) is 17.2 Å². The van der Waals surface area contributed by atoms with Crippen molar-refractivity contribution >= 4 is 12.0 Å². The van der Waals surface area contributed by atoms with E-state index in [1.54, 1.807) is 6.08 Å². The molecule has 4 rings (SSSR count). The lowest BCUT2D eigenvalue weighted by Crippen LogP contribution is -2.24. The number of fused-ring (bicyclic) bond motifs is 3. The van der Waals surface area contributed by atoms with Crippen LogP contribution in [0.25, 0.3) is 6.08 Å². The fraction of sp³-hybridized carbons (Fsp3) is 0.481. The maximum atomic E-state index is 12.3. The van der Waals surface area contributed by atoms with Crippen LogP contribution in [0.3, 0.4) is 0 Å². The van der Waals surface area contributed by atoms with E-state index in [0.717, 1.165) is 42.6 Å². The number of hydrogen-bond donors (Lipinski definition) is 0. The van der Waals surface area contributed by atoms with Crippen molar-refractivity contribution in [3.63, 3.8) is 0 Å². The SMILES string of the molecule is CCCCc1ccc(C2O[C@@H]3Cc4ccccc4[C@@H]3N2C)c(/C=C/C(=O)OC(C)(C)C)n1. The van der Waals surface area contributed by atoms with Gasteiger partial charge in [-0.15, -0.1) is 0 Å². The van der Waals surface area contributed by atoms with E-state index in [4.69, 9.17) is 14.5 Å². The van der Waals surface area contributed by atoms with Crippen molar-refractivity contribution in [2.45, 2.75) is 77.4 Å². The summed E-state index contributed by atoms with van der Waals surface area (Å²) in [6.45, 7) is 7.78. The number of ether oxygens (including phenoxy) is 2. The molecule has 3 atom stereocenters. The van der Waals surface area contributed by atoms with Gasteiger partial charge in [0.15, 0.2) is 0 Å². The second kappa shape index (κ2) is 9.16. The average molecular weight is 435 g/mol. The van der Waals surface area contributed by atoms with Gasteiger partial charge in [-0.3, -0.25) is 9.88 Å². The number of aryl methyl sites for hydroxylation is 1. The molecule has 170 valence electrons. The van der Waals surface area contributed by atoms with Gasteiger partial charge in [0.1, 0.15) is 11.8 Å². The van der Waals surface area contributed by atoms with E-state index >= 15 is 0 Å². The maximum Gasteiger partial charge on any atom is 0.331 e. The number of esters is 1. The predicted octanol–water partition coefficient (Wildman–Crippen LogP) is 5.41. The van der Waals surface area contributed by atoms with Gasteiger partial charge in [-0.1, -0.05) is 43.7 Å². The number of unbranched alkanes of at least 4 members (excludes halogenated alkanes) is 1. The molecule has 0 amide bonds. The van der Waals surface area contributed by atoms with Crippen molar-refractivity contribution in [1.82, 2.24) is 9.88 Å². The summed E-state index contributed by atoms with van der Waals surface area (Å²) in [7, 11) is 2.11. The van der Waals surface area contributed by atoms with Gasteiger partial charge < -0.3 is 9.47 Å². The Morgan fingerprint density at radius 1 is 1.22 bits per heavy atom. The number of benzene rings is 1. The fourth-order valence-electron chi connectivity index (χ4n) is 4.69. The topological polar surface area (TPSA) is 51.7 Å². The van der Waals surface area contributed by atoms with E-state index in [2.05, 4.69) is 55.3 Å². The van der Waals surface area contributed by atoms with Crippen LogP contribution < -0.4 is 0 Å². The molecule has 1 fully saturated rings. The number of pyridine rings is 1. The van der Waals surface area contributed by atoms with Gasteiger partial charge in [0, 0.05) is 23.8 Å². The number of carbonyl (C=O) groups is 1. The summed E-state index contributed by atoms with van der Waals surface area (Å²) < 4.78 is 12.0. The highest BCUT2D eigenvalue weighted by atomic mass is 16.6. The van der Waals surface area contributed by atoms with Crippen molar-refractivity contribution in [3.8, 4) is 0 Å². The summed E-state index contributed by atoms with van der Waals surface area (Å²) in [6.07, 6.45) is 7.22. The number of likely N-dealkylation sites (N-methyl/N-ethyl adjacent to an activating group) is 1. The molecule has 2 heterocycles. The van der Waals surface area contributed by atoms with Crippen molar-refractivity contribution < 1.29 is 14.3 Å². The molecule has 1 saturated heterocycles. The second-order valence-electron chi connectivity index (χ2n) is 9.79. The maximum absolute atomic E-state index is 12.3. The highest BCUT2D eigenvalue weighted by Gasteiger charge is 2.46. The summed E-state index contributed by atoms with van der Waals surface area (Å²) in [5.41, 5.74) is 4.98. The second-order valence-corrected chi connectivity index (χ2v) is 9.79. The first-order valence-corrected chi connectivity index (χ1v) is 11.6. The molecule has 0 bridgehead atoms. The van der Waals surface area contributed by atoms with E-state index < -0.39 is 5.60 Å². The molecule has 0 radical (unpaired) electrons. The van der Waals surface area contributed by atoms with E-state index in [1.807, 2.05) is 20.8 Å². The van der Waals surface area contributed by atoms with Crippen LogP contribution >= 0.6 is 0 Å². The standard InChI is InChI=1S/C27H34N2O3/c1-6-7-11-19-13-14-21(22(28-19)15-16-24(30)32-27(2,3)4)26-29(5)25-20-12-9-8-10-18(20)17-23(25)31-26/h8-10,12-16,23,25-26H,6-7,11,17H2,1-5H3/b16-15+/t23-,25+,26?/m1/s1. The zero-order valence-electron chi connectivity index (χ0n) is 19.8. The number of hydrogen-bond acceptors (Lipinski definition) is 5. The molecule has 2 aromatic rings. The molecule has 2 aliphatic rings. The van der Waals surface area contributed by atoms with Crippen molar-refractivity contribution in [1.29, 1.82) is 0 Å². The minimum Gasteiger partial charge on any atom is -0.457 e. The Hall–Kier alpha value is -2.50. The van der Waals surface area contributed by atoms with Gasteiger partial charge in [0.05, 0.1) is 17.8 Å². The quantitative estimate of drug-likeness (QED) is 0.450. The molecule has 1 aromatic heterocycles. The third-order valence-corrected chi connectivity index (χ3v) is 6.11. The molecule has 32 heavy (non-hydrogen) atoms. The summed E-state index contributed by atoms with van der Waals surface area (Å²) in [4.78, 5) is 19.5. The Labute approximate surface area is 191 Å². The molecule has 1 aliphatic heterocycles. The molecule has 5 nitrogen and oxygen atoms in total. The first-order valence-electron chi connectivity index (χ1n) is 11.6. The molecule has 5 heteroatoms. The molecule has 1 aliphatic carbocycles. The van der Waals surface area contributed by atoms with Crippen molar-refractivity contribution in [2.75, 3.05) is 7.05 Å². The van der Waals surface area contributed by atoms with Gasteiger partial charge in [-0.2, -0.15) is 0 Å². The Kier molecular flexibility index (Phi) is 6.50. The minimum atomic E-state index is -0.528. The van der Waals surface area contributed by atoms with Gasteiger partial charge >= 0.3 is 5.97 Å². The minimum absolute atomic E-state index is 0.129. The van der Waals surface area contributed by atoms with Gasteiger partial charge in [-0.05, 0) is 63.9 Å². The first kappa shape index (κ1) is 22.7. The van der Waals surface area contributed by atoms with Crippen LogP contribution in [0.1, 0.15) is 80.9 Å². The molecule has 0 N–H and O–H groups in total. The van der Waals surface area contributed by atoms with Gasteiger partial charge in [0.25, 0.3) is 0 Å². The van der Waals surface area contributed by atoms with Crippen LogP contribution in [0, 0.1) is 0 Å². The first-order chi connectivity index (χ1) is 15.3. The molecule has 0 saturated carbocycles. The van der Waals surface area contributed by atoms with Crippen LogP contribution in [-0.2, 0) is 27.1 Å². The Balaban J connectivity index is 1.63. The van der Waals surface area contributed by atoms with Crippen LogP contribution in [0.5, 0.6) is 0 Å².